The highest BCUT2D eigenvalue weighted by Crippen LogP contribution is 2.24. The second-order valence-corrected chi connectivity index (χ2v) is 7.40. The normalized spacial score (nSPS) is 16.1. The highest BCUT2D eigenvalue weighted by Gasteiger charge is 2.14. The molecule has 0 atom stereocenters. The third-order valence-corrected chi connectivity index (χ3v) is 5.52. The second-order valence-electron chi connectivity index (χ2n) is 6.54. The minimum Gasteiger partial charge on any atom is -0.462 e. The smallest absolute Gasteiger partial charge is 0.238 e. The molecule has 3 aromatic heterocycles. The van der Waals surface area contributed by atoms with E-state index in [-0.39, 0.29) is 12.3 Å². The molecule has 0 saturated heterocycles. The maximum Gasteiger partial charge on any atom is 0.238 e. The van der Waals surface area contributed by atoms with Crippen LogP contribution in [0, 0.1) is 0 Å². The first kappa shape index (κ1) is 17.0. The van der Waals surface area contributed by atoms with Crippen molar-refractivity contribution in [1.29, 1.82) is 0 Å². The molecule has 0 bridgehead atoms. The quantitative estimate of drug-likeness (QED) is 0.690. The standard InChI is InChI=1S/C20H21N3O2S/c24-19(13-16-14-26-20(22-16)17-9-6-12-25-17)23-11-5-4-10-18(23)21-15-7-2-1-3-8-15/h4-6,9-12,14-15H,1-3,7-8,13H2. The summed E-state index contributed by atoms with van der Waals surface area (Å²) < 4.78 is 7.02. The van der Waals surface area contributed by atoms with E-state index in [1.165, 1.54) is 30.6 Å². The molecule has 0 amide bonds. The molecule has 6 heteroatoms. The van der Waals surface area contributed by atoms with E-state index in [0.29, 0.717) is 6.04 Å². The third kappa shape index (κ3) is 3.85. The van der Waals surface area contributed by atoms with Crippen LogP contribution >= 0.6 is 11.3 Å². The summed E-state index contributed by atoms with van der Waals surface area (Å²) in [6.07, 6.45) is 9.64. The number of hydrogen-bond donors (Lipinski definition) is 0. The van der Waals surface area contributed by atoms with Crippen LogP contribution in [0.3, 0.4) is 0 Å². The van der Waals surface area contributed by atoms with Gasteiger partial charge in [-0.15, -0.1) is 11.3 Å². The molecule has 5 nitrogen and oxygen atoms in total. The molecular formula is C20H21N3O2S. The van der Waals surface area contributed by atoms with Crippen LogP contribution in [-0.4, -0.2) is 21.5 Å². The van der Waals surface area contributed by atoms with Gasteiger partial charge in [0.1, 0.15) is 5.49 Å². The van der Waals surface area contributed by atoms with Crippen molar-refractivity contribution in [2.45, 2.75) is 44.6 Å². The Morgan fingerprint density at radius 3 is 2.92 bits per heavy atom. The molecule has 1 saturated carbocycles. The first-order chi connectivity index (χ1) is 12.8. The zero-order valence-electron chi connectivity index (χ0n) is 14.5. The molecule has 3 aromatic rings. The lowest BCUT2D eigenvalue weighted by molar-refractivity contribution is 0.0907. The molecule has 4 rings (SSSR count). The number of hydrogen-bond acceptors (Lipinski definition) is 5. The van der Waals surface area contributed by atoms with Crippen molar-refractivity contribution in [2.24, 2.45) is 4.99 Å². The summed E-state index contributed by atoms with van der Waals surface area (Å²) in [5, 5.41) is 2.71. The van der Waals surface area contributed by atoms with Crippen LogP contribution in [0.1, 0.15) is 42.6 Å². The van der Waals surface area contributed by atoms with Gasteiger partial charge in [-0.1, -0.05) is 25.3 Å². The van der Waals surface area contributed by atoms with E-state index in [1.807, 2.05) is 35.7 Å². The zero-order valence-corrected chi connectivity index (χ0v) is 15.3. The van der Waals surface area contributed by atoms with Crippen molar-refractivity contribution in [3.05, 3.63) is 59.4 Å². The van der Waals surface area contributed by atoms with Crippen molar-refractivity contribution in [3.63, 3.8) is 0 Å². The maximum atomic E-state index is 12.8. The molecule has 0 N–H and O–H groups in total. The minimum atomic E-state index is -0.0172. The number of furan rings is 1. The molecule has 0 spiro atoms. The van der Waals surface area contributed by atoms with Gasteiger partial charge in [-0.25, -0.2) is 4.98 Å². The average molecular weight is 367 g/mol. The topological polar surface area (TPSA) is 60.4 Å². The van der Waals surface area contributed by atoms with Gasteiger partial charge in [0.05, 0.1) is 24.4 Å². The molecule has 0 unspecified atom stereocenters. The van der Waals surface area contributed by atoms with Gasteiger partial charge >= 0.3 is 0 Å². The first-order valence-corrected chi connectivity index (χ1v) is 9.90. The van der Waals surface area contributed by atoms with Gasteiger partial charge in [0.2, 0.25) is 5.91 Å². The number of carbonyl (C=O) groups excluding carboxylic acids is 1. The molecule has 0 radical (unpaired) electrons. The Labute approximate surface area is 156 Å². The fourth-order valence-electron chi connectivity index (χ4n) is 3.29. The summed E-state index contributed by atoms with van der Waals surface area (Å²) in [7, 11) is 0. The van der Waals surface area contributed by atoms with Crippen molar-refractivity contribution in [1.82, 2.24) is 9.55 Å². The number of nitrogens with zero attached hydrogens (tertiary/aromatic N) is 3. The van der Waals surface area contributed by atoms with Crippen molar-refractivity contribution in [2.75, 3.05) is 0 Å². The average Bonchev–Trinajstić information content (AvgIpc) is 3.34. The van der Waals surface area contributed by atoms with Crippen molar-refractivity contribution < 1.29 is 9.21 Å². The summed E-state index contributed by atoms with van der Waals surface area (Å²) >= 11 is 1.49. The summed E-state index contributed by atoms with van der Waals surface area (Å²) in [6, 6.07) is 9.76. The van der Waals surface area contributed by atoms with E-state index in [1.54, 1.807) is 17.0 Å². The predicted octanol–water partition coefficient (Wildman–Crippen LogP) is 4.32. The fourth-order valence-corrected chi connectivity index (χ4v) is 4.08. The Balaban J connectivity index is 1.54. The van der Waals surface area contributed by atoms with Crippen LogP contribution in [0.5, 0.6) is 0 Å². The van der Waals surface area contributed by atoms with Crippen LogP contribution in [0.15, 0.2) is 57.6 Å². The number of aromatic nitrogens is 2. The van der Waals surface area contributed by atoms with Gasteiger partial charge in [-0.2, -0.15) is 0 Å². The molecule has 1 aliphatic carbocycles. The van der Waals surface area contributed by atoms with E-state index >= 15 is 0 Å². The van der Waals surface area contributed by atoms with Crippen LogP contribution in [-0.2, 0) is 6.42 Å². The number of carbonyl (C=O) groups is 1. The Morgan fingerprint density at radius 2 is 2.12 bits per heavy atom. The van der Waals surface area contributed by atoms with Crippen molar-refractivity contribution >= 4 is 17.2 Å². The van der Waals surface area contributed by atoms with Gasteiger partial charge in [0.25, 0.3) is 0 Å². The predicted molar refractivity (Wildman–Crippen MR) is 101 cm³/mol. The fraction of sp³-hybridized carbons (Fsp3) is 0.350. The van der Waals surface area contributed by atoms with Gasteiger partial charge in [0, 0.05) is 11.6 Å². The molecule has 0 aliphatic heterocycles. The van der Waals surface area contributed by atoms with Gasteiger partial charge in [0.15, 0.2) is 10.8 Å². The number of thiazole rings is 1. The largest absolute Gasteiger partial charge is 0.462 e. The third-order valence-electron chi connectivity index (χ3n) is 4.61. The lowest BCUT2D eigenvalue weighted by atomic mass is 9.96. The lowest BCUT2D eigenvalue weighted by Crippen LogP contribution is -2.29. The Hall–Kier alpha value is -2.47. The molecule has 1 fully saturated rings. The summed E-state index contributed by atoms with van der Waals surface area (Å²) in [5.74, 6) is 0.713. The van der Waals surface area contributed by atoms with Crippen molar-refractivity contribution in [3.8, 4) is 10.8 Å². The van der Waals surface area contributed by atoms with E-state index in [0.717, 1.165) is 34.8 Å². The van der Waals surface area contributed by atoms with Gasteiger partial charge in [-0.05, 0) is 37.1 Å². The van der Waals surface area contributed by atoms with E-state index < -0.39 is 0 Å². The van der Waals surface area contributed by atoms with Gasteiger partial charge < -0.3 is 4.42 Å². The molecular weight excluding hydrogens is 346 g/mol. The molecule has 134 valence electrons. The van der Waals surface area contributed by atoms with Crippen LogP contribution < -0.4 is 5.49 Å². The molecule has 0 aromatic carbocycles. The highest BCUT2D eigenvalue weighted by atomic mass is 32.1. The summed E-state index contributed by atoms with van der Waals surface area (Å²) in [5.41, 5.74) is 1.50. The second kappa shape index (κ2) is 7.83. The van der Waals surface area contributed by atoms with Crippen LogP contribution in [0.2, 0.25) is 0 Å². The number of rotatable bonds is 4. The minimum absolute atomic E-state index is 0.0172. The zero-order chi connectivity index (χ0) is 17.8. The van der Waals surface area contributed by atoms with Crippen LogP contribution in [0.25, 0.3) is 10.8 Å². The molecule has 3 heterocycles. The van der Waals surface area contributed by atoms with E-state index in [4.69, 9.17) is 9.41 Å². The Bertz CT molecular complexity index is 934. The maximum absolute atomic E-state index is 12.8. The molecule has 1 aliphatic rings. The first-order valence-electron chi connectivity index (χ1n) is 9.02. The van der Waals surface area contributed by atoms with E-state index in [9.17, 15) is 4.79 Å². The molecule has 26 heavy (non-hydrogen) atoms. The van der Waals surface area contributed by atoms with Crippen LogP contribution in [0.4, 0.5) is 0 Å². The van der Waals surface area contributed by atoms with Gasteiger partial charge in [-0.3, -0.25) is 14.4 Å². The monoisotopic (exact) mass is 367 g/mol. The summed E-state index contributed by atoms with van der Waals surface area (Å²) in [6.45, 7) is 0. The Kier molecular flexibility index (Phi) is 5.11. The lowest BCUT2D eigenvalue weighted by Gasteiger charge is -2.17. The Morgan fingerprint density at radius 1 is 1.23 bits per heavy atom. The van der Waals surface area contributed by atoms with E-state index in [2.05, 4.69) is 4.98 Å². The summed E-state index contributed by atoms with van der Waals surface area (Å²) in [4.78, 5) is 22.2. The highest BCUT2D eigenvalue weighted by molar-refractivity contribution is 7.13. The number of pyridine rings is 1. The SMILES string of the molecule is O=C(Cc1csc(-c2ccco2)n1)n1ccccc1=NC1CCCCC1.